The van der Waals surface area contributed by atoms with Crippen molar-refractivity contribution in [3.05, 3.63) is 35.6 Å². The highest BCUT2D eigenvalue weighted by atomic mass is 19.1. The zero-order valence-corrected chi connectivity index (χ0v) is 11.3. The van der Waals surface area contributed by atoms with E-state index in [1.807, 2.05) is 12.1 Å². The van der Waals surface area contributed by atoms with Crippen LogP contribution < -0.4 is 5.73 Å². The lowest BCUT2D eigenvalue weighted by Crippen LogP contribution is -2.43. The lowest BCUT2D eigenvalue weighted by molar-refractivity contribution is -0.123. The first-order valence-corrected chi connectivity index (χ1v) is 6.84. The Kier molecular flexibility index (Phi) is 4.53. The molecule has 1 saturated heterocycles. The summed E-state index contributed by atoms with van der Waals surface area (Å²) in [6.07, 6.45) is 2.34. The van der Waals surface area contributed by atoms with Crippen LogP contribution in [0.25, 0.3) is 0 Å². The van der Waals surface area contributed by atoms with Crippen LogP contribution in [0.5, 0.6) is 0 Å². The van der Waals surface area contributed by atoms with Gasteiger partial charge in [-0.15, -0.1) is 0 Å². The van der Waals surface area contributed by atoms with Gasteiger partial charge in [0.05, 0.1) is 0 Å². The number of nitrogens with two attached hydrogens (primary N) is 1. The fraction of sp³-hybridized carbons (Fsp3) is 0.533. The van der Waals surface area contributed by atoms with E-state index in [-0.39, 0.29) is 23.7 Å². The highest BCUT2D eigenvalue weighted by Gasteiger charge is 2.25. The maximum absolute atomic E-state index is 13.6. The molecule has 1 atom stereocenters. The number of carbonyl (C=O) groups excluding carboxylic acids is 1. The van der Waals surface area contributed by atoms with Crippen LogP contribution in [-0.2, 0) is 11.2 Å². The minimum absolute atomic E-state index is 0.0110. The molecule has 1 fully saturated rings. The molecular formula is C15H21FN2O. The molecule has 1 heterocycles. The molecule has 0 saturated carbocycles. The molecule has 0 radical (unpaired) electrons. The number of carbonyl (C=O) groups is 1. The van der Waals surface area contributed by atoms with Crippen molar-refractivity contribution >= 4 is 5.91 Å². The van der Waals surface area contributed by atoms with Gasteiger partial charge in [0.15, 0.2) is 0 Å². The third-order valence-corrected chi connectivity index (χ3v) is 4.03. The van der Waals surface area contributed by atoms with Gasteiger partial charge in [0.1, 0.15) is 5.82 Å². The molecule has 1 aromatic rings. The van der Waals surface area contributed by atoms with Gasteiger partial charge < -0.3 is 10.6 Å². The summed E-state index contributed by atoms with van der Waals surface area (Å²) in [5.41, 5.74) is 6.08. The molecule has 1 unspecified atom stereocenters. The van der Waals surface area contributed by atoms with Crippen molar-refractivity contribution < 1.29 is 9.18 Å². The summed E-state index contributed by atoms with van der Waals surface area (Å²) in [6, 6.07) is 7.20. The fourth-order valence-corrected chi connectivity index (χ4v) is 2.74. The van der Waals surface area contributed by atoms with E-state index < -0.39 is 0 Å². The third-order valence-electron chi connectivity index (χ3n) is 4.03. The van der Waals surface area contributed by atoms with Gasteiger partial charge in [0.2, 0.25) is 5.91 Å². The Labute approximate surface area is 113 Å². The van der Waals surface area contributed by atoms with Crippen molar-refractivity contribution in [3.8, 4) is 0 Å². The van der Waals surface area contributed by atoms with Crippen molar-refractivity contribution in [1.82, 2.24) is 4.90 Å². The predicted octanol–water partition coefficient (Wildman–Crippen LogP) is 1.95. The molecule has 1 aliphatic heterocycles. The van der Waals surface area contributed by atoms with E-state index >= 15 is 0 Å². The number of hydrogen-bond donors (Lipinski definition) is 1. The number of benzene rings is 1. The van der Waals surface area contributed by atoms with E-state index in [0.717, 1.165) is 31.5 Å². The van der Waals surface area contributed by atoms with E-state index in [4.69, 9.17) is 5.73 Å². The summed E-state index contributed by atoms with van der Waals surface area (Å²) in [5.74, 6) is -0.320. The Morgan fingerprint density at radius 1 is 1.42 bits per heavy atom. The highest BCUT2D eigenvalue weighted by molar-refractivity contribution is 5.76. The van der Waals surface area contributed by atoms with Crippen molar-refractivity contribution in [3.63, 3.8) is 0 Å². The highest BCUT2D eigenvalue weighted by Crippen LogP contribution is 2.20. The first kappa shape index (κ1) is 14.0. The third kappa shape index (κ3) is 3.53. The van der Waals surface area contributed by atoms with Gasteiger partial charge in [-0.05, 0) is 50.9 Å². The van der Waals surface area contributed by atoms with Crippen LogP contribution in [0.15, 0.2) is 24.3 Å². The molecule has 0 spiro atoms. The number of nitrogens with zero attached hydrogens (tertiary/aromatic N) is 1. The number of halogens is 1. The summed E-state index contributed by atoms with van der Waals surface area (Å²) >= 11 is 0. The van der Waals surface area contributed by atoms with Gasteiger partial charge in [-0.1, -0.05) is 18.2 Å². The lowest BCUT2D eigenvalue weighted by atomic mass is 9.94. The second-order valence-corrected chi connectivity index (χ2v) is 5.36. The maximum atomic E-state index is 13.6. The number of rotatable bonds is 4. The van der Waals surface area contributed by atoms with E-state index in [1.54, 1.807) is 6.07 Å². The molecule has 2 rings (SSSR count). The SMILES string of the molecule is CC(Cc1ccccc1F)N1CCC(C(N)=O)CC1. The van der Waals surface area contributed by atoms with Gasteiger partial charge in [0, 0.05) is 12.0 Å². The summed E-state index contributed by atoms with van der Waals surface area (Å²) in [4.78, 5) is 13.4. The van der Waals surface area contributed by atoms with Gasteiger partial charge in [-0.3, -0.25) is 4.79 Å². The number of hydrogen-bond acceptors (Lipinski definition) is 2. The Morgan fingerprint density at radius 2 is 2.05 bits per heavy atom. The average Bonchev–Trinajstić information content (AvgIpc) is 2.41. The van der Waals surface area contributed by atoms with Gasteiger partial charge in [-0.25, -0.2) is 4.39 Å². The molecule has 0 aromatic heterocycles. The minimum Gasteiger partial charge on any atom is -0.369 e. The topological polar surface area (TPSA) is 46.3 Å². The molecular weight excluding hydrogens is 243 g/mol. The van der Waals surface area contributed by atoms with E-state index in [1.165, 1.54) is 6.07 Å². The van der Waals surface area contributed by atoms with E-state index in [2.05, 4.69) is 11.8 Å². The standard InChI is InChI=1S/C15H21FN2O/c1-11(10-13-4-2-3-5-14(13)16)18-8-6-12(7-9-18)15(17)19/h2-5,11-12H,6-10H2,1H3,(H2,17,19). The van der Waals surface area contributed by atoms with Crippen LogP contribution in [0.4, 0.5) is 4.39 Å². The van der Waals surface area contributed by atoms with Gasteiger partial charge >= 0.3 is 0 Å². The average molecular weight is 264 g/mol. The lowest BCUT2D eigenvalue weighted by Gasteiger charge is -2.35. The number of primary amides is 1. The molecule has 1 aromatic carbocycles. The second-order valence-electron chi connectivity index (χ2n) is 5.36. The number of piperidine rings is 1. The number of likely N-dealkylation sites (tertiary alicyclic amines) is 1. The minimum atomic E-state index is -0.193. The zero-order chi connectivity index (χ0) is 13.8. The molecule has 4 heteroatoms. The molecule has 3 nitrogen and oxygen atoms in total. The molecule has 0 aliphatic carbocycles. The molecule has 104 valence electrons. The largest absolute Gasteiger partial charge is 0.369 e. The Bertz CT molecular complexity index is 442. The van der Waals surface area contributed by atoms with E-state index in [0.29, 0.717) is 6.42 Å². The molecule has 1 aliphatic rings. The van der Waals surface area contributed by atoms with Gasteiger partial charge in [-0.2, -0.15) is 0 Å². The van der Waals surface area contributed by atoms with Gasteiger partial charge in [0.25, 0.3) is 0 Å². The Balaban J connectivity index is 1.90. The van der Waals surface area contributed by atoms with Crippen LogP contribution in [0.1, 0.15) is 25.3 Å². The summed E-state index contributed by atoms with van der Waals surface area (Å²) in [5, 5.41) is 0. The van der Waals surface area contributed by atoms with Crippen LogP contribution in [0.2, 0.25) is 0 Å². The first-order chi connectivity index (χ1) is 9.08. The van der Waals surface area contributed by atoms with Crippen LogP contribution in [0, 0.1) is 11.7 Å². The van der Waals surface area contributed by atoms with Crippen molar-refractivity contribution in [1.29, 1.82) is 0 Å². The van der Waals surface area contributed by atoms with Crippen LogP contribution in [-0.4, -0.2) is 29.9 Å². The fourth-order valence-electron chi connectivity index (χ4n) is 2.74. The smallest absolute Gasteiger partial charge is 0.220 e. The molecule has 1 amide bonds. The Morgan fingerprint density at radius 3 is 2.63 bits per heavy atom. The van der Waals surface area contributed by atoms with E-state index in [9.17, 15) is 9.18 Å². The molecule has 19 heavy (non-hydrogen) atoms. The maximum Gasteiger partial charge on any atom is 0.220 e. The molecule has 2 N–H and O–H groups in total. The summed E-state index contributed by atoms with van der Waals surface area (Å²) < 4.78 is 13.6. The predicted molar refractivity (Wildman–Crippen MR) is 73.1 cm³/mol. The Hall–Kier alpha value is -1.42. The van der Waals surface area contributed by atoms with Crippen molar-refractivity contribution in [2.75, 3.05) is 13.1 Å². The quantitative estimate of drug-likeness (QED) is 0.903. The second kappa shape index (κ2) is 6.15. The van der Waals surface area contributed by atoms with Crippen LogP contribution in [0.3, 0.4) is 0 Å². The zero-order valence-electron chi connectivity index (χ0n) is 11.3. The van der Waals surface area contributed by atoms with Crippen LogP contribution >= 0.6 is 0 Å². The summed E-state index contributed by atoms with van der Waals surface area (Å²) in [6.45, 7) is 3.84. The monoisotopic (exact) mass is 264 g/mol. The number of amides is 1. The first-order valence-electron chi connectivity index (χ1n) is 6.84. The van der Waals surface area contributed by atoms with Crippen molar-refractivity contribution in [2.24, 2.45) is 11.7 Å². The van der Waals surface area contributed by atoms with Crippen molar-refractivity contribution in [2.45, 2.75) is 32.2 Å². The normalized spacial score (nSPS) is 19.3. The molecule has 0 bridgehead atoms. The summed E-state index contributed by atoms with van der Waals surface area (Å²) in [7, 11) is 0.